The monoisotopic (exact) mass is 683 g/mol. The summed E-state index contributed by atoms with van der Waals surface area (Å²) in [6.07, 6.45) is 0. The first-order chi connectivity index (χ1) is 25.5. The second-order valence-corrected chi connectivity index (χ2v) is 15.6. The van der Waals surface area contributed by atoms with Crippen molar-refractivity contribution in [1.82, 2.24) is 0 Å². The molecule has 0 unspecified atom stereocenters. The van der Waals surface area contributed by atoms with Crippen molar-refractivity contribution < 1.29 is 4.42 Å². The molecule has 52 heavy (non-hydrogen) atoms. The maximum atomic E-state index is 6.53. The molecular weight excluding hydrogens is 651 g/mol. The number of rotatable bonds is 4. The molecule has 11 rings (SSSR count). The molecular formula is C49H33NOS. The lowest BCUT2D eigenvalue weighted by atomic mass is 9.82. The topological polar surface area (TPSA) is 16.4 Å². The molecule has 0 N–H and O–H groups in total. The van der Waals surface area contributed by atoms with E-state index in [2.05, 4.69) is 183 Å². The second kappa shape index (κ2) is 10.9. The van der Waals surface area contributed by atoms with Crippen LogP contribution in [0.25, 0.3) is 75.1 Å². The van der Waals surface area contributed by atoms with Gasteiger partial charge in [0, 0.05) is 58.8 Å². The summed E-state index contributed by atoms with van der Waals surface area (Å²) < 4.78 is 9.15. The lowest BCUT2D eigenvalue weighted by Gasteiger charge is -2.27. The summed E-state index contributed by atoms with van der Waals surface area (Å²) in [6.45, 7) is 4.69. The van der Waals surface area contributed by atoms with E-state index in [0.717, 1.165) is 50.0 Å². The van der Waals surface area contributed by atoms with Crippen LogP contribution in [0.3, 0.4) is 0 Å². The van der Waals surface area contributed by atoms with E-state index in [-0.39, 0.29) is 5.41 Å². The van der Waals surface area contributed by atoms with Gasteiger partial charge in [-0.2, -0.15) is 0 Å². The highest BCUT2D eigenvalue weighted by molar-refractivity contribution is 7.25. The zero-order valence-corrected chi connectivity index (χ0v) is 29.7. The third kappa shape index (κ3) is 4.23. The molecule has 0 atom stereocenters. The van der Waals surface area contributed by atoms with Gasteiger partial charge in [-0.25, -0.2) is 0 Å². The van der Waals surface area contributed by atoms with Crippen LogP contribution in [-0.2, 0) is 5.41 Å². The SMILES string of the molecule is CC1(C)c2ccccc2-c2cc(N(c3ccc(-c4cccc5oc6c7ccccc7ccc6c45)cc3)c3ccc4sc5ccccc5c4c3)ccc21. The lowest BCUT2D eigenvalue weighted by molar-refractivity contribution is 0.660. The first-order valence-electron chi connectivity index (χ1n) is 17.9. The molecule has 0 aliphatic heterocycles. The Morgan fingerprint density at radius 3 is 2.08 bits per heavy atom. The van der Waals surface area contributed by atoms with E-state index in [1.165, 1.54) is 53.4 Å². The lowest BCUT2D eigenvalue weighted by Crippen LogP contribution is -2.15. The van der Waals surface area contributed by atoms with Crippen molar-refractivity contribution in [2.75, 3.05) is 4.90 Å². The van der Waals surface area contributed by atoms with Gasteiger partial charge in [-0.05, 0) is 99.4 Å². The Balaban J connectivity index is 1.09. The first kappa shape index (κ1) is 29.6. The smallest absolute Gasteiger partial charge is 0.143 e. The summed E-state index contributed by atoms with van der Waals surface area (Å²) >= 11 is 1.86. The summed E-state index contributed by atoms with van der Waals surface area (Å²) in [4.78, 5) is 2.42. The van der Waals surface area contributed by atoms with E-state index in [9.17, 15) is 0 Å². The van der Waals surface area contributed by atoms with Crippen LogP contribution in [0, 0.1) is 0 Å². The van der Waals surface area contributed by atoms with Crippen LogP contribution in [0.1, 0.15) is 25.0 Å². The maximum absolute atomic E-state index is 6.53. The van der Waals surface area contributed by atoms with E-state index in [1.54, 1.807) is 0 Å². The highest BCUT2D eigenvalue weighted by atomic mass is 32.1. The molecule has 1 aliphatic carbocycles. The summed E-state index contributed by atoms with van der Waals surface area (Å²) in [7, 11) is 0. The predicted molar refractivity (Wildman–Crippen MR) is 222 cm³/mol. The fraction of sp³-hybridized carbons (Fsp3) is 0.0612. The quantitative estimate of drug-likeness (QED) is 0.184. The fourth-order valence-electron chi connectivity index (χ4n) is 8.73. The van der Waals surface area contributed by atoms with Crippen LogP contribution >= 0.6 is 11.3 Å². The zero-order chi connectivity index (χ0) is 34.6. The van der Waals surface area contributed by atoms with Gasteiger partial charge in [0.2, 0.25) is 0 Å². The standard InChI is InChI=1S/C49H33NOS/c1-49(2)42-15-7-5-12-37(42)40-28-33(23-26-43(40)49)50(34-24-27-46-41(29-34)38-13-6-8-17-45(38)52-46)32-21-18-31(19-22-32)35-14-9-16-44-47(35)39-25-20-30-10-3-4-11-36(30)48(39)51-44/h3-29H,1-2H3. The van der Waals surface area contributed by atoms with Crippen molar-refractivity contribution in [2.45, 2.75) is 19.3 Å². The van der Waals surface area contributed by atoms with Gasteiger partial charge in [-0.15, -0.1) is 11.3 Å². The van der Waals surface area contributed by atoms with Gasteiger partial charge < -0.3 is 9.32 Å². The molecule has 3 heteroatoms. The Hall–Kier alpha value is -6.16. The number of anilines is 3. The Morgan fingerprint density at radius 1 is 0.481 bits per heavy atom. The van der Waals surface area contributed by atoms with Gasteiger partial charge in [-0.1, -0.05) is 117 Å². The molecule has 0 fully saturated rings. The number of thiophene rings is 1. The van der Waals surface area contributed by atoms with Gasteiger partial charge >= 0.3 is 0 Å². The average Bonchev–Trinajstić information content (AvgIpc) is 3.83. The third-order valence-electron chi connectivity index (χ3n) is 11.3. The van der Waals surface area contributed by atoms with E-state index >= 15 is 0 Å². The zero-order valence-electron chi connectivity index (χ0n) is 28.9. The Labute approximate surface area is 305 Å². The van der Waals surface area contributed by atoms with Gasteiger partial charge in [-0.3, -0.25) is 0 Å². The molecule has 0 amide bonds. The Morgan fingerprint density at radius 2 is 1.17 bits per heavy atom. The Bertz CT molecular complexity index is 3050. The molecule has 0 saturated carbocycles. The minimum Gasteiger partial charge on any atom is -0.455 e. The van der Waals surface area contributed by atoms with Crippen molar-refractivity contribution in [1.29, 1.82) is 0 Å². The van der Waals surface area contributed by atoms with E-state index in [0.29, 0.717) is 0 Å². The fourth-order valence-corrected chi connectivity index (χ4v) is 9.82. The number of furan rings is 1. The molecule has 0 bridgehead atoms. The van der Waals surface area contributed by atoms with E-state index < -0.39 is 0 Å². The summed E-state index contributed by atoms with van der Waals surface area (Å²) in [5.41, 5.74) is 12.9. The highest BCUT2D eigenvalue weighted by Gasteiger charge is 2.35. The molecule has 0 spiro atoms. The van der Waals surface area contributed by atoms with Crippen LogP contribution in [0.4, 0.5) is 17.1 Å². The molecule has 2 heterocycles. The summed E-state index contributed by atoms with van der Waals surface area (Å²) in [5.74, 6) is 0. The van der Waals surface area contributed by atoms with Gasteiger partial charge in [0.1, 0.15) is 11.2 Å². The number of hydrogen-bond acceptors (Lipinski definition) is 3. The minimum atomic E-state index is -0.0456. The van der Waals surface area contributed by atoms with Crippen molar-refractivity contribution in [2.24, 2.45) is 0 Å². The van der Waals surface area contributed by atoms with Crippen LogP contribution in [-0.4, -0.2) is 0 Å². The molecule has 10 aromatic rings. The largest absolute Gasteiger partial charge is 0.455 e. The second-order valence-electron chi connectivity index (χ2n) is 14.5. The molecule has 1 aliphatic rings. The predicted octanol–water partition coefficient (Wildman–Crippen LogP) is 14.6. The van der Waals surface area contributed by atoms with Gasteiger partial charge in [0.25, 0.3) is 0 Å². The molecule has 8 aromatic carbocycles. The molecule has 2 nitrogen and oxygen atoms in total. The van der Waals surface area contributed by atoms with Crippen LogP contribution in [0.15, 0.2) is 168 Å². The number of fused-ring (bicyclic) bond motifs is 11. The maximum Gasteiger partial charge on any atom is 0.143 e. The third-order valence-corrected chi connectivity index (χ3v) is 12.4. The van der Waals surface area contributed by atoms with Gasteiger partial charge in [0.15, 0.2) is 0 Å². The number of hydrogen-bond donors (Lipinski definition) is 0. The van der Waals surface area contributed by atoms with Gasteiger partial charge in [0.05, 0.1) is 0 Å². The van der Waals surface area contributed by atoms with Crippen molar-refractivity contribution >= 4 is 81.3 Å². The average molecular weight is 684 g/mol. The molecule has 0 saturated heterocycles. The van der Waals surface area contributed by atoms with E-state index in [1.807, 2.05) is 11.3 Å². The Kier molecular flexibility index (Phi) is 6.21. The molecule has 2 aromatic heterocycles. The number of nitrogens with zero attached hydrogens (tertiary/aromatic N) is 1. The summed E-state index contributed by atoms with van der Waals surface area (Å²) in [6, 6.07) is 60.0. The summed E-state index contributed by atoms with van der Waals surface area (Å²) in [5, 5.41) is 7.22. The van der Waals surface area contributed by atoms with Crippen LogP contribution in [0.5, 0.6) is 0 Å². The van der Waals surface area contributed by atoms with Crippen LogP contribution in [0.2, 0.25) is 0 Å². The van der Waals surface area contributed by atoms with Crippen molar-refractivity contribution in [3.63, 3.8) is 0 Å². The van der Waals surface area contributed by atoms with Crippen LogP contribution < -0.4 is 4.90 Å². The molecule has 246 valence electrons. The normalized spacial score (nSPS) is 13.3. The highest BCUT2D eigenvalue weighted by Crippen LogP contribution is 2.51. The first-order valence-corrected chi connectivity index (χ1v) is 18.7. The van der Waals surface area contributed by atoms with Crippen molar-refractivity contribution in [3.05, 3.63) is 175 Å². The number of benzene rings is 8. The molecule has 0 radical (unpaired) electrons. The minimum absolute atomic E-state index is 0.0456. The van der Waals surface area contributed by atoms with E-state index in [4.69, 9.17) is 4.42 Å². The van der Waals surface area contributed by atoms with Crippen molar-refractivity contribution in [3.8, 4) is 22.3 Å².